The molecule has 4 aliphatic rings. The average molecular weight is 429 g/mol. The summed E-state index contributed by atoms with van der Waals surface area (Å²) in [6.45, 7) is 0. The monoisotopic (exact) mass is 428 g/mol. The number of thiophene rings is 1. The number of hydrazone groups is 1. The van der Waals surface area contributed by atoms with Crippen LogP contribution < -0.4 is 0 Å². The second-order valence-corrected chi connectivity index (χ2v) is 9.21. The fourth-order valence-electron chi connectivity index (χ4n) is 5.09. The molecule has 2 bridgehead atoms. The molecule has 1 saturated heterocycles. The van der Waals surface area contributed by atoms with Crippen LogP contribution in [0.4, 0.5) is 0 Å². The fourth-order valence-corrected chi connectivity index (χ4v) is 5.82. The highest BCUT2D eigenvalue weighted by molar-refractivity contribution is 7.13. The first kappa shape index (κ1) is 18.4. The van der Waals surface area contributed by atoms with Crippen LogP contribution in [0.5, 0.6) is 0 Å². The lowest BCUT2D eigenvalue weighted by Crippen LogP contribution is -2.38. The first-order valence-corrected chi connectivity index (χ1v) is 11.4. The Morgan fingerprint density at radius 2 is 1.68 bits per heavy atom. The number of hydrogen-bond donors (Lipinski definition) is 0. The smallest absolute Gasteiger partial charge is 0.254 e. The van der Waals surface area contributed by atoms with E-state index >= 15 is 0 Å². The standard InChI is InChI=1S/C24H20N4O2S/c29-23-20-15-8-9-16(11-10-15)21(20)24(30)28(23)25-13-17-14-27(18-5-2-1-3-6-18)26-22(17)19-7-4-12-31-19/h1-9,12-16,20-21H,10-11H2/b25-13-/t15-,16-,20+,21+/m0/s1. The van der Waals surface area contributed by atoms with Gasteiger partial charge in [0, 0.05) is 11.8 Å². The summed E-state index contributed by atoms with van der Waals surface area (Å²) in [4.78, 5) is 27.1. The van der Waals surface area contributed by atoms with Crippen LogP contribution in [0.15, 0.2) is 71.3 Å². The van der Waals surface area contributed by atoms with Gasteiger partial charge in [-0.15, -0.1) is 11.3 Å². The minimum absolute atomic E-state index is 0.161. The van der Waals surface area contributed by atoms with Gasteiger partial charge in [-0.2, -0.15) is 15.2 Å². The van der Waals surface area contributed by atoms with Crippen LogP contribution in [-0.4, -0.2) is 32.8 Å². The van der Waals surface area contributed by atoms with Gasteiger partial charge < -0.3 is 0 Å². The zero-order valence-corrected chi connectivity index (χ0v) is 17.5. The summed E-state index contributed by atoms with van der Waals surface area (Å²) >= 11 is 1.59. The van der Waals surface area contributed by atoms with Crippen molar-refractivity contribution in [3.05, 3.63) is 71.8 Å². The molecular weight excluding hydrogens is 408 g/mol. The van der Waals surface area contributed by atoms with Gasteiger partial charge in [-0.1, -0.05) is 36.4 Å². The minimum Gasteiger partial charge on any atom is -0.272 e. The second kappa shape index (κ2) is 7.13. The summed E-state index contributed by atoms with van der Waals surface area (Å²) in [6, 6.07) is 13.8. The van der Waals surface area contributed by atoms with E-state index in [9.17, 15) is 9.59 Å². The third-order valence-electron chi connectivity index (χ3n) is 6.57. The van der Waals surface area contributed by atoms with Crippen molar-refractivity contribution in [2.24, 2.45) is 28.8 Å². The number of carbonyl (C=O) groups excluding carboxylic acids is 2. The summed E-state index contributed by atoms with van der Waals surface area (Å²) in [5, 5.41) is 12.2. The van der Waals surface area contributed by atoms with Crippen LogP contribution >= 0.6 is 11.3 Å². The zero-order valence-electron chi connectivity index (χ0n) is 16.7. The molecule has 7 heteroatoms. The molecule has 6 nitrogen and oxygen atoms in total. The lowest BCUT2D eigenvalue weighted by Gasteiger charge is -2.37. The number of amides is 2. The highest BCUT2D eigenvalue weighted by Crippen LogP contribution is 2.49. The van der Waals surface area contributed by atoms with E-state index in [0.29, 0.717) is 0 Å². The van der Waals surface area contributed by atoms with Gasteiger partial charge in [0.1, 0.15) is 5.69 Å². The SMILES string of the molecule is O=C1[C@H]2[C@H](C(=O)N1/N=C\c1cn(-c3ccccc3)nc1-c1cccs1)[C@H]1C=C[C@H]2CC1. The van der Waals surface area contributed by atoms with E-state index in [1.54, 1.807) is 22.2 Å². The number of hydrogen-bond acceptors (Lipinski definition) is 5. The van der Waals surface area contributed by atoms with Crippen LogP contribution in [0.3, 0.4) is 0 Å². The highest BCUT2D eigenvalue weighted by atomic mass is 32.1. The van der Waals surface area contributed by atoms with E-state index in [2.05, 4.69) is 17.3 Å². The molecule has 2 fully saturated rings. The topological polar surface area (TPSA) is 67.6 Å². The average Bonchev–Trinajstić information content (AvgIpc) is 3.54. The van der Waals surface area contributed by atoms with Gasteiger partial charge >= 0.3 is 0 Å². The van der Waals surface area contributed by atoms with Gasteiger partial charge in [0.2, 0.25) is 0 Å². The second-order valence-electron chi connectivity index (χ2n) is 8.26. The van der Waals surface area contributed by atoms with E-state index in [1.807, 2.05) is 54.0 Å². The third-order valence-corrected chi connectivity index (χ3v) is 7.44. The number of fused-ring (bicyclic) bond motifs is 1. The summed E-state index contributed by atoms with van der Waals surface area (Å²) in [7, 11) is 0. The van der Waals surface area contributed by atoms with Crippen LogP contribution in [0, 0.1) is 23.7 Å². The normalized spacial score (nSPS) is 26.9. The van der Waals surface area contributed by atoms with Gasteiger partial charge in [-0.25, -0.2) is 4.68 Å². The third kappa shape index (κ3) is 2.91. The number of imide groups is 1. The van der Waals surface area contributed by atoms with E-state index < -0.39 is 0 Å². The molecule has 0 unspecified atom stereocenters. The molecule has 7 rings (SSSR count). The number of allylic oxidation sites excluding steroid dienone is 2. The maximum Gasteiger partial charge on any atom is 0.254 e. The summed E-state index contributed by atoms with van der Waals surface area (Å²) in [6.07, 6.45) is 9.68. The Kier molecular flexibility index (Phi) is 4.24. The van der Waals surface area contributed by atoms with Crippen molar-refractivity contribution < 1.29 is 9.59 Å². The molecule has 2 amide bonds. The lowest BCUT2D eigenvalue weighted by molar-refractivity contribution is -0.140. The summed E-state index contributed by atoms with van der Waals surface area (Å²) in [5.74, 6) is -0.519. The van der Waals surface area contributed by atoms with Gasteiger partial charge in [0.05, 0.1) is 28.6 Å². The predicted molar refractivity (Wildman–Crippen MR) is 119 cm³/mol. The maximum absolute atomic E-state index is 13.0. The summed E-state index contributed by atoms with van der Waals surface area (Å²) in [5.41, 5.74) is 2.48. The molecule has 3 aliphatic carbocycles. The fraction of sp³-hybridized carbons (Fsp3) is 0.250. The minimum atomic E-state index is -0.253. The molecule has 154 valence electrons. The van der Waals surface area contributed by atoms with Crippen LogP contribution in [0.2, 0.25) is 0 Å². The van der Waals surface area contributed by atoms with Gasteiger partial charge in [0.25, 0.3) is 11.8 Å². The van der Waals surface area contributed by atoms with Crippen LogP contribution in [0.1, 0.15) is 18.4 Å². The molecule has 1 aromatic carbocycles. The Bertz CT molecular complexity index is 1180. The van der Waals surface area contributed by atoms with Crippen molar-refractivity contribution in [2.45, 2.75) is 12.8 Å². The number of carbonyl (C=O) groups is 2. The van der Waals surface area contributed by atoms with Crippen molar-refractivity contribution in [1.82, 2.24) is 14.8 Å². The molecule has 1 saturated carbocycles. The van der Waals surface area contributed by atoms with E-state index in [1.165, 1.54) is 0 Å². The Morgan fingerprint density at radius 1 is 0.968 bits per heavy atom. The molecule has 0 N–H and O–H groups in total. The highest BCUT2D eigenvalue weighted by Gasteiger charge is 2.56. The van der Waals surface area contributed by atoms with E-state index in [4.69, 9.17) is 5.10 Å². The molecule has 31 heavy (non-hydrogen) atoms. The Labute approximate surface area is 183 Å². The molecule has 4 atom stereocenters. The summed E-state index contributed by atoms with van der Waals surface area (Å²) < 4.78 is 1.80. The van der Waals surface area contributed by atoms with E-state index in [-0.39, 0.29) is 35.5 Å². The van der Waals surface area contributed by atoms with Crippen molar-refractivity contribution >= 4 is 29.4 Å². The quantitative estimate of drug-likeness (QED) is 0.356. The van der Waals surface area contributed by atoms with Gasteiger partial charge in [0.15, 0.2) is 0 Å². The van der Waals surface area contributed by atoms with Crippen molar-refractivity contribution in [2.75, 3.05) is 0 Å². The number of benzene rings is 1. The molecule has 0 radical (unpaired) electrons. The van der Waals surface area contributed by atoms with E-state index in [0.717, 1.165) is 39.7 Å². The van der Waals surface area contributed by atoms with Crippen LogP contribution in [-0.2, 0) is 9.59 Å². The first-order valence-electron chi connectivity index (χ1n) is 10.5. The Hall–Kier alpha value is -3.32. The molecule has 2 aromatic heterocycles. The van der Waals surface area contributed by atoms with Gasteiger partial charge in [-0.3, -0.25) is 9.59 Å². The molecule has 3 heterocycles. The number of rotatable bonds is 4. The molecule has 0 spiro atoms. The molecule has 1 aliphatic heterocycles. The predicted octanol–water partition coefficient (Wildman–Crippen LogP) is 4.13. The largest absolute Gasteiger partial charge is 0.272 e. The van der Waals surface area contributed by atoms with Gasteiger partial charge in [-0.05, 0) is 48.3 Å². The van der Waals surface area contributed by atoms with Crippen molar-refractivity contribution in [3.8, 4) is 16.3 Å². The first-order chi connectivity index (χ1) is 15.2. The molecule has 3 aromatic rings. The number of para-hydroxylation sites is 1. The van der Waals surface area contributed by atoms with Crippen LogP contribution in [0.25, 0.3) is 16.3 Å². The zero-order chi connectivity index (χ0) is 20.9. The Morgan fingerprint density at radius 3 is 2.29 bits per heavy atom. The van der Waals surface area contributed by atoms with Crippen molar-refractivity contribution in [3.63, 3.8) is 0 Å². The van der Waals surface area contributed by atoms with Crippen molar-refractivity contribution in [1.29, 1.82) is 0 Å². The molecular formula is C24H20N4O2S. The number of aromatic nitrogens is 2. The maximum atomic E-state index is 13.0. The Balaban J connectivity index is 1.36. The number of nitrogens with zero attached hydrogens (tertiary/aromatic N) is 4. The lowest BCUT2D eigenvalue weighted by atomic mass is 9.63.